The fraction of sp³-hybridized carbons (Fsp3) is 0.185. The third-order valence-electron chi connectivity index (χ3n) is 5.51. The minimum atomic E-state index is -0.130. The van der Waals surface area contributed by atoms with Gasteiger partial charge in [0, 0.05) is 22.0 Å². The van der Waals surface area contributed by atoms with Crippen molar-refractivity contribution < 1.29 is 14.3 Å². The monoisotopic (exact) mass is 504 g/mol. The highest BCUT2D eigenvalue weighted by atomic mass is 79.9. The fourth-order valence-electron chi connectivity index (χ4n) is 3.71. The topological polar surface area (TPSA) is 60.5 Å². The molecule has 0 radical (unpaired) electrons. The van der Waals surface area contributed by atoms with Gasteiger partial charge in [-0.1, -0.05) is 51.8 Å². The molecule has 6 heteroatoms. The van der Waals surface area contributed by atoms with Crippen LogP contribution >= 0.6 is 15.9 Å². The molecule has 4 aromatic rings. The van der Waals surface area contributed by atoms with E-state index in [1.54, 1.807) is 14.2 Å². The smallest absolute Gasteiger partial charge is 0.252 e. The van der Waals surface area contributed by atoms with Gasteiger partial charge in [0.05, 0.1) is 31.0 Å². The lowest BCUT2D eigenvalue weighted by atomic mass is 10.0. The molecule has 168 valence electrons. The number of pyridine rings is 1. The van der Waals surface area contributed by atoms with E-state index in [4.69, 9.17) is 14.5 Å². The van der Waals surface area contributed by atoms with Gasteiger partial charge in [0.1, 0.15) is 0 Å². The first-order chi connectivity index (χ1) is 16.0. The van der Waals surface area contributed by atoms with Crippen LogP contribution < -0.4 is 14.8 Å². The summed E-state index contributed by atoms with van der Waals surface area (Å²) in [5, 5.41) is 3.87. The number of halogens is 1. The van der Waals surface area contributed by atoms with Gasteiger partial charge >= 0.3 is 0 Å². The normalized spacial score (nSPS) is 10.8. The van der Waals surface area contributed by atoms with Gasteiger partial charge in [0.25, 0.3) is 5.91 Å². The predicted molar refractivity (Wildman–Crippen MR) is 135 cm³/mol. The highest BCUT2D eigenvalue weighted by molar-refractivity contribution is 9.10. The number of amides is 1. The molecule has 0 spiro atoms. The minimum absolute atomic E-state index is 0.130. The molecule has 1 aromatic heterocycles. The standard InChI is InChI=1S/C27H25BrN2O3/c1-17-4-7-19(8-5-17)24-16-22(21-15-20(28)9-10-23(21)30-24)27(31)29-13-12-18-6-11-25(32-2)26(14-18)33-3/h4-11,14-16H,12-13H2,1-3H3,(H,29,31). The average Bonchev–Trinajstić information content (AvgIpc) is 2.83. The number of aromatic nitrogens is 1. The van der Waals surface area contributed by atoms with E-state index < -0.39 is 0 Å². The summed E-state index contributed by atoms with van der Waals surface area (Å²) in [6.07, 6.45) is 0.670. The molecule has 0 unspecified atom stereocenters. The van der Waals surface area contributed by atoms with Crippen LogP contribution in [0, 0.1) is 6.92 Å². The van der Waals surface area contributed by atoms with Crippen LogP contribution in [0.1, 0.15) is 21.5 Å². The summed E-state index contributed by atoms with van der Waals surface area (Å²) < 4.78 is 11.6. The molecule has 0 aliphatic heterocycles. The maximum Gasteiger partial charge on any atom is 0.252 e. The van der Waals surface area contributed by atoms with E-state index >= 15 is 0 Å². The Morgan fingerprint density at radius 3 is 2.42 bits per heavy atom. The Morgan fingerprint density at radius 2 is 1.70 bits per heavy atom. The molecule has 0 bridgehead atoms. The second-order valence-corrected chi connectivity index (χ2v) is 8.69. The molecular weight excluding hydrogens is 480 g/mol. The van der Waals surface area contributed by atoms with Crippen LogP contribution in [-0.4, -0.2) is 31.7 Å². The lowest BCUT2D eigenvalue weighted by Crippen LogP contribution is -2.26. The Labute approximate surface area is 201 Å². The second-order valence-electron chi connectivity index (χ2n) is 7.78. The van der Waals surface area contributed by atoms with Crippen LogP contribution in [0.3, 0.4) is 0 Å². The van der Waals surface area contributed by atoms with Crippen molar-refractivity contribution in [1.29, 1.82) is 0 Å². The highest BCUT2D eigenvalue weighted by Gasteiger charge is 2.15. The van der Waals surface area contributed by atoms with Gasteiger partial charge in [-0.3, -0.25) is 4.79 Å². The minimum Gasteiger partial charge on any atom is -0.493 e. The van der Waals surface area contributed by atoms with Gasteiger partial charge in [-0.05, 0) is 55.3 Å². The summed E-state index contributed by atoms with van der Waals surface area (Å²) in [5.74, 6) is 1.23. The molecule has 5 nitrogen and oxygen atoms in total. The molecule has 33 heavy (non-hydrogen) atoms. The number of aryl methyl sites for hydroxylation is 1. The van der Waals surface area contributed by atoms with Crippen molar-refractivity contribution in [1.82, 2.24) is 10.3 Å². The van der Waals surface area contributed by atoms with Crippen LogP contribution in [0.25, 0.3) is 22.2 Å². The largest absolute Gasteiger partial charge is 0.493 e. The lowest BCUT2D eigenvalue weighted by molar-refractivity contribution is 0.0955. The van der Waals surface area contributed by atoms with Crippen LogP contribution in [0.4, 0.5) is 0 Å². The van der Waals surface area contributed by atoms with Crippen molar-refractivity contribution >= 4 is 32.7 Å². The Hall–Kier alpha value is -3.38. The third-order valence-corrected chi connectivity index (χ3v) is 6.00. The number of nitrogens with zero attached hydrogens (tertiary/aromatic N) is 1. The number of nitrogens with one attached hydrogen (secondary N) is 1. The molecule has 1 N–H and O–H groups in total. The molecule has 0 atom stereocenters. The zero-order chi connectivity index (χ0) is 23.4. The van der Waals surface area contributed by atoms with E-state index in [0.29, 0.717) is 30.0 Å². The van der Waals surface area contributed by atoms with Crippen molar-refractivity contribution in [2.24, 2.45) is 0 Å². The van der Waals surface area contributed by atoms with Gasteiger partial charge < -0.3 is 14.8 Å². The summed E-state index contributed by atoms with van der Waals surface area (Å²) in [5.41, 5.74) is 5.36. The number of carbonyl (C=O) groups excluding carboxylic acids is 1. The summed E-state index contributed by atoms with van der Waals surface area (Å²) in [6.45, 7) is 2.54. The van der Waals surface area contributed by atoms with Crippen LogP contribution in [0.15, 0.2) is 71.2 Å². The van der Waals surface area contributed by atoms with E-state index in [0.717, 1.165) is 32.2 Å². The van der Waals surface area contributed by atoms with E-state index in [2.05, 4.69) is 21.2 Å². The molecule has 3 aromatic carbocycles. The molecule has 0 saturated carbocycles. The van der Waals surface area contributed by atoms with Gasteiger partial charge in [-0.25, -0.2) is 4.98 Å². The van der Waals surface area contributed by atoms with Gasteiger partial charge in [-0.15, -0.1) is 0 Å². The maximum atomic E-state index is 13.2. The molecule has 1 heterocycles. The van der Waals surface area contributed by atoms with Crippen molar-refractivity contribution in [2.75, 3.05) is 20.8 Å². The first-order valence-electron chi connectivity index (χ1n) is 10.6. The number of rotatable bonds is 7. The van der Waals surface area contributed by atoms with Gasteiger partial charge in [0.15, 0.2) is 11.5 Å². The molecule has 0 saturated heterocycles. The van der Waals surface area contributed by atoms with E-state index in [9.17, 15) is 4.79 Å². The van der Waals surface area contributed by atoms with Crippen LogP contribution in [0.5, 0.6) is 11.5 Å². The van der Waals surface area contributed by atoms with E-state index in [1.165, 1.54) is 5.56 Å². The third kappa shape index (κ3) is 5.17. The Bertz CT molecular complexity index is 1300. The summed E-state index contributed by atoms with van der Waals surface area (Å²) >= 11 is 3.51. The second kappa shape index (κ2) is 10.0. The van der Waals surface area contributed by atoms with Crippen LogP contribution in [0.2, 0.25) is 0 Å². The first kappa shape index (κ1) is 22.8. The summed E-state index contributed by atoms with van der Waals surface area (Å²) in [4.78, 5) is 18.0. The molecular formula is C27H25BrN2O3. The molecule has 4 rings (SSSR count). The van der Waals surface area contributed by atoms with Crippen molar-refractivity contribution in [3.8, 4) is 22.8 Å². The van der Waals surface area contributed by atoms with E-state index in [1.807, 2.05) is 73.7 Å². The number of benzene rings is 3. The van der Waals surface area contributed by atoms with Gasteiger partial charge in [0.2, 0.25) is 0 Å². The number of fused-ring (bicyclic) bond motifs is 1. The Morgan fingerprint density at radius 1 is 0.939 bits per heavy atom. The van der Waals surface area contributed by atoms with Crippen LogP contribution in [-0.2, 0) is 6.42 Å². The number of hydrogen-bond donors (Lipinski definition) is 1. The first-order valence-corrected chi connectivity index (χ1v) is 11.4. The zero-order valence-corrected chi connectivity index (χ0v) is 20.4. The molecule has 0 aliphatic rings. The Balaban J connectivity index is 1.59. The molecule has 0 fully saturated rings. The number of hydrogen-bond acceptors (Lipinski definition) is 4. The lowest BCUT2D eigenvalue weighted by Gasteiger charge is -2.12. The Kier molecular flexibility index (Phi) is 6.94. The van der Waals surface area contributed by atoms with Crippen molar-refractivity contribution in [3.63, 3.8) is 0 Å². The SMILES string of the molecule is COc1ccc(CCNC(=O)c2cc(-c3ccc(C)cc3)nc3ccc(Br)cc23)cc1OC. The zero-order valence-electron chi connectivity index (χ0n) is 18.8. The van der Waals surface area contributed by atoms with Crippen molar-refractivity contribution in [2.45, 2.75) is 13.3 Å². The highest BCUT2D eigenvalue weighted by Crippen LogP contribution is 2.29. The van der Waals surface area contributed by atoms with Gasteiger partial charge in [-0.2, -0.15) is 0 Å². The molecule has 0 aliphatic carbocycles. The average molecular weight is 505 g/mol. The number of carbonyl (C=O) groups is 1. The fourth-order valence-corrected chi connectivity index (χ4v) is 4.07. The molecule has 1 amide bonds. The number of methoxy groups -OCH3 is 2. The quantitative estimate of drug-likeness (QED) is 0.337. The predicted octanol–water partition coefficient (Wildman–Crippen LogP) is 5.96. The number of ether oxygens (including phenoxy) is 2. The van der Waals surface area contributed by atoms with Crippen molar-refractivity contribution in [3.05, 3.63) is 87.9 Å². The van der Waals surface area contributed by atoms with E-state index in [-0.39, 0.29) is 5.91 Å². The summed E-state index contributed by atoms with van der Waals surface area (Å²) in [7, 11) is 3.22. The summed E-state index contributed by atoms with van der Waals surface area (Å²) in [6, 6.07) is 21.6. The maximum absolute atomic E-state index is 13.2.